The van der Waals surface area contributed by atoms with Crippen LogP contribution in [0.3, 0.4) is 0 Å². The Kier molecular flexibility index (Phi) is 5.97. The molecule has 0 unspecified atom stereocenters. The molecule has 9 nitrogen and oxygen atoms in total. The van der Waals surface area contributed by atoms with Crippen molar-refractivity contribution in [3.05, 3.63) is 23.8 Å². The largest absolute Gasteiger partial charge is 0.483 e. The molecule has 3 N–H and O–H groups in total. The van der Waals surface area contributed by atoms with Crippen molar-refractivity contribution in [1.82, 2.24) is 15.3 Å². The molecule has 0 aliphatic carbocycles. The van der Waals surface area contributed by atoms with Gasteiger partial charge in [0.15, 0.2) is 0 Å². The number of carbonyl (C=O) groups is 2. The number of nitrogens with one attached hydrogen (secondary N) is 1. The van der Waals surface area contributed by atoms with Crippen molar-refractivity contribution >= 4 is 12.4 Å². The van der Waals surface area contributed by atoms with E-state index in [0.717, 1.165) is 6.42 Å². The summed E-state index contributed by atoms with van der Waals surface area (Å²) in [5, 5.41) is 19.4. The number of hydrogen-bond donors (Lipinski definition) is 3. The molecule has 0 bridgehead atoms. The maximum atomic E-state index is 12.1. The molecule has 3 heterocycles. The molecule has 0 saturated carbocycles. The van der Waals surface area contributed by atoms with Gasteiger partial charge in [0, 0.05) is 18.8 Å². The van der Waals surface area contributed by atoms with Crippen LogP contribution in [0.1, 0.15) is 23.1 Å². The third kappa shape index (κ3) is 4.01. The smallest absolute Gasteiger partial charge is 0.290 e. The fraction of sp³-hybridized carbons (Fsp3) is 0.571. The highest BCUT2D eigenvalue weighted by atomic mass is 16.6. The van der Waals surface area contributed by atoms with Crippen LogP contribution in [0.5, 0.6) is 0 Å². The lowest BCUT2D eigenvalue weighted by Gasteiger charge is -2.17. The van der Waals surface area contributed by atoms with E-state index in [1.165, 1.54) is 12.4 Å². The number of aryl methyl sites for hydroxylation is 1. The van der Waals surface area contributed by atoms with E-state index in [4.69, 9.17) is 19.4 Å². The SMILES string of the molecule is CCc1ncc(C(=O)N[C@H]2CO[C@H]3[C@@H]2OC[C@H]3O)cn1.O=CO. The lowest BCUT2D eigenvalue weighted by Crippen LogP contribution is -2.44. The van der Waals surface area contributed by atoms with Gasteiger partial charge in [0.05, 0.1) is 24.8 Å². The standard InChI is InChI=1S/C13H17N3O4.CH2O2/c1-2-10-14-3-7(4-15-10)13(18)16-8-5-19-12-9(17)6-20-11(8)12;2-1-3/h3-4,8-9,11-12,17H,2,5-6H2,1H3,(H,16,18);1H,(H,2,3)/t8-,9+,11+,12+;/m0./s1. The second-order valence-corrected chi connectivity index (χ2v) is 5.09. The van der Waals surface area contributed by atoms with E-state index in [1.807, 2.05) is 6.92 Å². The van der Waals surface area contributed by atoms with Crippen LogP contribution in [0.25, 0.3) is 0 Å². The molecule has 2 aliphatic rings. The first-order valence-electron chi connectivity index (χ1n) is 7.21. The van der Waals surface area contributed by atoms with Crippen molar-refractivity contribution in [1.29, 1.82) is 0 Å². The van der Waals surface area contributed by atoms with Gasteiger partial charge in [-0.2, -0.15) is 0 Å². The minimum absolute atomic E-state index is 0.246. The van der Waals surface area contributed by atoms with Gasteiger partial charge < -0.3 is 25.0 Å². The molecule has 2 aliphatic heterocycles. The third-order valence-corrected chi connectivity index (χ3v) is 3.63. The van der Waals surface area contributed by atoms with Gasteiger partial charge in [-0.15, -0.1) is 0 Å². The number of aromatic nitrogens is 2. The second-order valence-electron chi connectivity index (χ2n) is 5.09. The molecule has 0 aromatic carbocycles. The summed E-state index contributed by atoms with van der Waals surface area (Å²) < 4.78 is 10.9. The van der Waals surface area contributed by atoms with Crippen molar-refractivity contribution in [2.45, 2.75) is 37.7 Å². The Morgan fingerprint density at radius 1 is 1.35 bits per heavy atom. The van der Waals surface area contributed by atoms with Crippen LogP contribution >= 0.6 is 0 Å². The number of aliphatic hydroxyl groups is 1. The van der Waals surface area contributed by atoms with Gasteiger partial charge in [-0.3, -0.25) is 9.59 Å². The molecular formula is C14H19N3O6. The number of ether oxygens (including phenoxy) is 2. The van der Waals surface area contributed by atoms with Crippen LogP contribution in [-0.4, -0.2) is 70.1 Å². The van der Waals surface area contributed by atoms with Crippen molar-refractivity contribution in [2.75, 3.05) is 13.2 Å². The molecule has 23 heavy (non-hydrogen) atoms. The normalized spacial score (nSPS) is 28.4. The summed E-state index contributed by atoms with van der Waals surface area (Å²) in [4.78, 5) is 28.7. The Hall–Kier alpha value is -2.10. The van der Waals surface area contributed by atoms with Gasteiger partial charge in [-0.25, -0.2) is 9.97 Å². The molecule has 3 rings (SSSR count). The number of rotatable bonds is 3. The molecule has 1 amide bonds. The van der Waals surface area contributed by atoms with Crippen LogP contribution in [0.15, 0.2) is 12.4 Å². The number of aliphatic hydroxyl groups excluding tert-OH is 1. The summed E-state index contributed by atoms with van der Waals surface area (Å²) in [6.07, 6.45) is 2.50. The van der Waals surface area contributed by atoms with Gasteiger partial charge in [-0.05, 0) is 0 Å². The summed E-state index contributed by atoms with van der Waals surface area (Å²) in [7, 11) is 0. The maximum Gasteiger partial charge on any atom is 0.290 e. The first kappa shape index (κ1) is 17.3. The van der Waals surface area contributed by atoms with Crippen LogP contribution in [-0.2, 0) is 20.7 Å². The van der Waals surface area contributed by atoms with Gasteiger partial charge in [0.2, 0.25) is 0 Å². The Bertz CT molecular complexity index is 538. The van der Waals surface area contributed by atoms with E-state index >= 15 is 0 Å². The molecule has 4 atom stereocenters. The first-order chi connectivity index (χ1) is 11.1. The van der Waals surface area contributed by atoms with E-state index in [2.05, 4.69) is 15.3 Å². The minimum atomic E-state index is -0.617. The molecule has 9 heteroatoms. The molecule has 2 saturated heterocycles. The second kappa shape index (κ2) is 7.95. The molecule has 0 spiro atoms. The molecule has 1 aromatic heterocycles. The Labute approximate surface area is 132 Å². The summed E-state index contributed by atoms with van der Waals surface area (Å²) in [6.45, 7) is 2.29. The lowest BCUT2D eigenvalue weighted by molar-refractivity contribution is -0.122. The van der Waals surface area contributed by atoms with Crippen molar-refractivity contribution < 1.29 is 29.3 Å². The minimum Gasteiger partial charge on any atom is -0.483 e. The number of amides is 1. The molecule has 126 valence electrons. The number of carboxylic acid groups (broad SMARTS) is 1. The predicted molar refractivity (Wildman–Crippen MR) is 76.8 cm³/mol. The van der Waals surface area contributed by atoms with E-state index in [0.29, 0.717) is 18.0 Å². The third-order valence-electron chi connectivity index (χ3n) is 3.63. The quantitative estimate of drug-likeness (QED) is 0.603. The van der Waals surface area contributed by atoms with Gasteiger partial charge in [0.25, 0.3) is 12.4 Å². The zero-order chi connectivity index (χ0) is 16.8. The Balaban J connectivity index is 0.000000595. The Morgan fingerprint density at radius 3 is 2.57 bits per heavy atom. The molecular weight excluding hydrogens is 306 g/mol. The van der Waals surface area contributed by atoms with E-state index in [9.17, 15) is 9.90 Å². The number of hydrogen-bond acceptors (Lipinski definition) is 7. The van der Waals surface area contributed by atoms with Crippen LogP contribution < -0.4 is 5.32 Å². The van der Waals surface area contributed by atoms with Gasteiger partial charge in [0.1, 0.15) is 24.1 Å². The molecule has 0 radical (unpaired) electrons. The van der Waals surface area contributed by atoms with Crippen LogP contribution in [0.2, 0.25) is 0 Å². The first-order valence-corrected chi connectivity index (χ1v) is 7.21. The number of carbonyl (C=O) groups excluding carboxylic acids is 1. The monoisotopic (exact) mass is 325 g/mol. The van der Waals surface area contributed by atoms with Crippen molar-refractivity contribution in [3.8, 4) is 0 Å². The summed E-state index contributed by atoms with van der Waals surface area (Å²) >= 11 is 0. The van der Waals surface area contributed by atoms with E-state index in [-0.39, 0.29) is 37.2 Å². The predicted octanol–water partition coefficient (Wildman–Crippen LogP) is -1.00. The number of fused-ring (bicyclic) bond motifs is 1. The average molecular weight is 325 g/mol. The maximum absolute atomic E-state index is 12.1. The highest BCUT2D eigenvalue weighted by Gasteiger charge is 2.47. The zero-order valence-corrected chi connectivity index (χ0v) is 12.6. The van der Waals surface area contributed by atoms with E-state index < -0.39 is 6.10 Å². The topological polar surface area (TPSA) is 131 Å². The molecule has 2 fully saturated rings. The molecule has 1 aromatic rings. The lowest BCUT2D eigenvalue weighted by atomic mass is 10.1. The fourth-order valence-corrected chi connectivity index (χ4v) is 2.51. The number of nitrogens with zero attached hydrogens (tertiary/aromatic N) is 2. The van der Waals surface area contributed by atoms with Crippen LogP contribution in [0.4, 0.5) is 0 Å². The average Bonchev–Trinajstić information content (AvgIpc) is 3.12. The summed E-state index contributed by atoms with van der Waals surface area (Å²) in [5.41, 5.74) is 0.407. The van der Waals surface area contributed by atoms with Crippen molar-refractivity contribution in [2.24, 2.45) is 0 Å². The summed E-state index contributed by atoms with van der Waals surface area (Å²) in [6, 6.07) is -0.254. The fourth-order valence-electron chi connectivity index (χ4n) is 2.51. The van der Waals surface area contributed by atoms with Gasteiger partial charge in [-0.1, -0.05) is 6.92 Å². The van der Waals surface area contributed by atoms with Crippen LogP contribution in [0, 0.1) is 0 Å². The highest BCUT2D eigenvalue weighted by Crippen LogP contribution is 2.27. The summed E-state index contributed by atoms with van der Waals surface area (Å²) in [5.74, 6) is 0.444. The van der Waals surface area contributed by atoms with Crippen molar-refractivity contribution in [3.63, 3.8) is 0 Å². The van der Waals surface area contributed by atoms with E-state index in [1.54, 1.807) is 0 Å². The zero-order valence-electron chi connectivity index (χ0n) is 12.6. The Morgan fingerprint density at radius 2 is 1.96 bits per heavy atom. The highest BCUT2D eigenvalue weighted by molar-refractivity contribution is 5.93. The van der Waals surface area contributed by atoms with Gasteiger partial charge >= 0.3 is 0 Å².